The van der Waals surface area contributed by atoms with Gasteiger partial charge >= 0.3 is 0 Å². The van der Waals surface area contributed by atoms with Gasteiger partial charge in [0, 0.05) is 44.1 Å². The van der Waals surface area contributed by atoms with E-state index in [1.165, 1.54) is 16.8 Å². The van der Waals surface area contributed by atoms with E-state index in [4.69, 9.17) is 0 Å². The van der Waals surface area contributed by atoms with E-state index in [9.17, 15) is 9.59 Å². The van der Waals surface area contributed by atoms with Crippen molar-refractivity contribution in [1.82, 2.24) is 9.80 Å². The van der Waals surface area contributed by atoms with Crippen molar-refractivity contribution in [3.63, 3.8) is 0 Å². The van der Waals surface area contributed by atoms with Gasteiger partial charge in [0.1, 0.15) is 0 Å². The van der Waals surface area contributed by atoms with E-state index in [2.05, 4.69) is 33.3 Å². The van der Waals surface area contributed by atoms with Crippen molar-refractivity contribution >= 4 is 23.2 Å². The van der Waals surface area contributed by atoms with E-state index >= 15 is 0 Å². The van der Waals surface area contributed by atoms with Gasteiger partial charge in [0.2, 0.25) is 11.8 Å². The topological polar surface area (TPSA) is 55.9 Å². The summed E-state index contributed by atoms with van der Waals surface area (Å²) in [6.45, 7) is 6.52. The molecule has 6 heteroatoms. The number of fused-ring (bicyclic) bond motifs is 1. The van der Waals surface area contributed by atoms with Gasteiger partial charge in [-0.3, -0.25) is 14.5 Å². The minimum absolute atomic E-state index is 0.0118. The number of nitrogens with zero attached hydrogens (tertiary/aromatic N) is 3. The van der Waals surface area contributed by atoms with Crippen LogP contribution in [-0.2, 0) is 16.0 Å². The van der Waals surface area contributed by atoms with E-state index in [1.807, 2.05) is 42.2 Å². The van der Waals surface area contributed by atoms with Gasteiger partial charge in [-0.15, -0.1) is 0 Å². The Labute approximate surface area is 172 Å². The highest BCUT2D eigenvalue weighted by Crippen LogP contribution is 2.27. The third-order valence-electron chi connectivity index (χ3n) is 5.74. The van der Waals surface area contributed by atoms with Crippen LogP contribution in [0.5, 0.6) is 0 Å². The van der Waals surface area contributed by atoms with E-state index in [-0.39, 0.29) is 11.8 Å². The highest BCUT2D eigenvalue weighted by Gasteiger charge is 2.26. The Hall–Kier alpha value is -2.86. The van der Waals surface area contributed by atoms with Gasteiger partial charge in [0.15, 0.2) is 0 Å². The summed E-state index contributed by atoms with van der Waals surface area (Å²) in [6.07, 6.45) is 1.01. The molecular weight excluding hydrogens is 364 g/mol. The molecule has 0 aliphatic carbocycles. The molecule has 1 saturated heterocycles. The van der Waals surface area contributed by atoms with Crippen LogP contribution in [0.15, 0.2) is 48.5 Å². The van der Waals surface area contributed by atoms with Crippen LogP contribution in [0.25, 0.3) is 0 Å². The molecule has 2 aliphatic rings. The molecule has 2 aromatic carbocycles. The molecule has 0 bridgehead atoms. The lowest BCUT2D eigenvalue weighted by molar-refractivity contribution is -0.131. The first-order valence-electron chi connectivity index (χ1n) is 10.3. The van der Waals surface area contributed by atoms with E-state index in [0.29, 0.717) is 26.2 Å². The monoisotopic (exact) mass is 392 g/mol. The molecule has 2 heterocycles. The average Bonchev–Trinajstić information content (AvgIpc) is 3.13. The summed E-state index contributed by atoms with van der Waals surface area (Å²) in [5, 5.41) is 2.94. The molecule has 1 N–H and O–H groups in total. The van der Waals surface area contributed by atoms with Crippen LogP contribution in [0.2, 0.25) is 0 Å². The number of carbonyl (C=O) groups excluding carboxylic acids is 2. The first kappa shape index (κ1) is 19.5. The largest absolute Gasteiger partial charge is 0.362 e. The first-order chi connectivity index (χ1) is 14.1. The number of benzene rings is 2. The highest BCUT2D eigenvalue weighted by molar-refractivity contribution is 5.92. The highest BCUT2D eigenvalue weighted by atomic mass is 16.2. The molecule has 29 heavy (non-hydrogen) atoms. The predicted octanol–water partition coefficient (Wildman–Crippen LogP) is 2.14. The third-order valence-corrected chi connectivity index (χ3v) is 5.74. The van der Waals surface area contributed by atoms with Crippen LogP contribution in [0.1, 0.15) is 11.1 Å². The minimum atomic E-state index is -0.0118. The lowest BCUT2D eigenvalue weighted by Gasteiger charge is -2.35. The summed E-state index contributed by atoms with van der Waals surface area (Å²) < 4.78 is 0. The van der Waals surface area contributed by atoms with E-state index in [0.717, 1.165) is 31.7 Å². The van der Waals surface area contributed by atoms with Gasteiger partial charge in [-0.25, -0.2) is 0 Å². The van der Waals surface area contributed by atoms with Crippen molar-refractivity contribution in [3.8, 4) is 0 Å². The number of amides is 2. The number of hydrogen-bond donors (Lipinski definition) is 1. The Morgan fingerprint density at radius 3 is 2.38 bits per heavy atom. The number of anilines is 2. The molecule has 1 fully saturated rings. The molecule has 2 aromatic rings. The Kier molecular flexibility index (Phi) is 5.81. The number of carbonyl (C=O) groups is 2. The van der Waals surface area contributed by atoms with E-state index < -0.39 is 0 Å². The zero-order valence-corrected chi connectivity index (χ0v) is 16.9. The zero-order valence-electron chi connectivity index (χ0n) is 16.9. The number of aryl methyl sites for hydroxylation is 1. The number of hydrogen-bond acceptors (Lipinski definition) is 4. The smallest absolute Gasteiger partial charge is 0.242 e. The van der Waals surface area contributed by atoms with Gasteiger partial charge in [-0.1, -0.05) is 35.9 Å². The van der Waals surface area contributed by atoms with E-state index in [1.54, 1.807) is 0 Å². The summed E-state index contributed by atoms with van der Waals surface area (Å²) in [6, 6.07) is 16.1. The maximum atomic E-state index is 12.7. The summed E-state index contributed by atoms with van der Waals surface area (Å²) in [7, 11) is 0. The average molecular weight is 393 g/mol. The lowest BCUT2D eigenvalue weighted by Crippen LogP contribution is -2.52. The van der Waals surface area contributed by atoms with Crippen molar-refractivity contribution in [2.24, 2.45) is 0 Å². The lowest BCUT2D eigenvalue weighted by atomic mass is 10.2. The number of rotatable bonds is 5. The van der Waals surface area contributed by atoms with Gasteiger partial charge in [0.05, 0.1) is 13.1 Å². The molecule has 0 saturated carbocycles. The minimum Gasteiger partial charge on any atom is -0.362 e. The van der Waals surface area contributed by atoms with Crippen LogP contribution in [0.4, 0.5) is 11.4 Å². The van der Waals surface area contributed by atoms with Crippen LogP contribution < -0.4 is 10.2 Å². The van der Waals surface area contributed by atoms with Gasteiger partial charge in [0.25, 0.3) is 0 Å². The molecule has 2 amide bonds. The molecule has 0 radical (unpaired) electrons. The Balaban J connectivity index is 1.22. The van der Waals surface area contributed by atoms with Crippen molar-refractivity contribution in [2.45, 2.75) is 13.3 Å². The Bertz CT molecular complexity index is 873. The fourth-order valence-electron chi connectivity index (χ4n) is 4.03. The van der Waals surface area contributed by atoms with Gasteiger partial charge < -0.3 is 15.1 Å². The molecule has 0 aromatic heterocycles. The maximum absolute atomic E-state index is 12.7. The molecule has 4 rings (SSSR count). The van der Waals surface area contributed by atoms with Crippen molar-refractivity contribution in [2.75, 3.05) is 56.0 Å². The molecule has 152 valence electrons. The molecule has 0 spiro atoms. The van der Waals surface area contributed by atoms with Crippen LogP contribution >= 0.6 is 0 Å². The predicted molar refractivity (Wildman–Crippen MR) is 115 cm³/mol. The molecule has 2 aliphatic heterocycles. The number of piperazine rings is 1. The third kappa shape index (κ3) is 4.77. The first-order valence-corrected chi connectivity index (χ1v) is 10.3. The summed E-state index contributed by atoms with van der Waals surface area (Å²) >= 11 is 0. The molecular formula is C23H28N4O2. The maximum Gasteiger partial charge on any atom is 0.242 e. The molecule has 6 nitrogen and oxygen atoms in total. The van der Waals surface area contributed by atoms with Crippen LogP contribution in [0.3, 0.4) is 0 Å². The normalized spacial score (nSPS) is 16.6. The quantitative estimate of drug-likeness (QED) is 0.847. The summed E-state index contributed by atoms with van der Waals surface area (Å²) in [5.41, 5.74) is 4.50. The van der Waals surface area contributed by atoms with Gasteiger partial charge in [-0.2, -0.15) is 0 Å². The van der Waals surface area contributed by atoms with Crippen molar-refractivity contribution < 1.29 is 9.59 Å². The molecule has 0 unspecified atom stereocenters. The Morgan fingerprint density at radius 1 is 0.897 bits per heavy atom. The van der Waals surface area contributed by atoms with Gasteiger partial charge in [-0.05, 0) is 37.1 Å². The number of para-hydroxylation sites is 1. The molecule has 0 atom stereocenters. The van der Waals surface area contributed by atoms with Crippen LogP contribution in [0, 0.1) is 6.92 Å². The summed E-state index contributed by atoms with van der Waals surface area (Å²) in [4.78, 5) is 31.3. The Morgan fingerprint density at radius 2 is 1.62 bits per heavy atom. The number of nitrogens with one attached hydrogen (secondary N) is 1. The zero-order chi connectivity index (χ0) is 20.2. The summed E-state index contributed by atoms with van der Waals surface area (Å²) in [5.74, 6) is 0.160. The van der Waals surface area contributed by atoms with Crippen molar-refractivity contribution in [1.29, 1.82) is 0 Å². The second-order valence-corrected chi connectivity index (χ2v) is 7.87. The van der Waals surface area contributed by atoms with Crippen LogP contribution in [-0.4, -0.2) is 67.4 Å². The standard InChI is InChI=1S/C23H28N4O2/c1-18-6-8-20(9-7-18)24-22(28)16-25-12-14-26(15-13-25)23(29)17-27-11-10-19-4-2-3-5-21(19)27/h2-9H,10-17H2,1H3,(H,24,28). The fraction of sp³-hybridized carbons (Fsp3) is 0.391. The second kappa shape index (κ2) is 8.66. The van der Waals surface area contributed by atoms with Crippen molar-refractivity contribution in [3.05, 3.63) is 59.7 Å². The SMILES string of the molecule is Cc1ccc(NC(=O)CN2CCN(C(=O)CN3CCc4ccccc43)CC2)cc1. The second-order valence-electron chi connectivity index (χ2n) is 7.87. The fourth-order valence-corrected chi connectivity index (χ4v) is 4.03.